The van der Waals surface area contributed by atoms with Gasteiger partial charge in [0.15, 0.2) is 0 Å². The van der Waals surface area contributed by atoms with Crippen LogP contribution in [0.5, 0.6) is 0 Å². The third-order valence-corrected chi connectivity index (χ3v) is 9.53. The number of nitrogens with zero attached hydrogens (tertiary/aromatic N) is 3. The quantitative estimate of drug-likeness (QED) is 0.345. The monoisotopic (exact) mass is 503 g/mol. The van der Waals surface area contributed by atoms with E-state index in [0.29, 0.717) is 36.2 Å². The highest BCUT2D eigenvalue weighted by molar-refractivity contribution is 5.53. The van der Waals surface area contributed by atoms with Gasteiger partial charge in [0.2, 0.25) is 5.95 Å². The van der Waals surface area contributed by atoms with Crippen molar-refractivity contribution >= 4 is 11.8 Å². The van der Waals surface area contributed by atoms with E-state index in [1.807, 2.05) is 12.1 Å². The molecule has 37 heavy (non-hydrogen) atoms. The predicted octanol–water partition coefficient (Wildman–Crippen LogP) is 4.89. The van der Waals surface area contributed by atoms with Gasteiger partial charge in [-0.1, -0.05) is 31.2 Å². The third kappa shape index (κ3) is 5.61. The van der Waals surface area contributed by atoms with Gasteiger partial charge in [-0.05, 0) is 98.0 Å². The Balaban J connectivity index is 1.24. The zero-order chi connectivity index (χ0) is 26.0. The molecule has 4 aliphatic carbocycles. The highest BCUT2D eigenvalue weighted by Crippen LogP contribution is 2.63. The third-order valence-electron chi connectivity index (χ3n) is 9.53. The molecule has 0 spiro atoms. The number of aryl methyl sites for hydroxylation is 1. The molecule has 4 N–H and O–H groups in total. The van der Waals surface area contributed by atoms with Crippen LogP contribution in [0.1, 0.15) is 68.6 Å². The van der Waals surface area contributed by atoms with Crippen LogP contribution >= 0.6 is 0 Å². The van der Waals surface area contributed by atoms with Crippen LogP contribution in [0, 0.1) is 53.3 Å². The number of hydrogen-bond acceptors (Lipinski definition) is 7. The molecule has 0 amide bonds. The summed E-state index contributed by atoms with van der Waals surface area (Å²) in [4.78, 5) is 9.07. The van der Waals surface area contributed by atoms with E-state index in [-0.39, 0.29) is 12.0 Å². The van der Waals surface area contributed by atoms with E-state index in [0.717, 1.165) is 36.6 Å². The molecule has 7 atom stereocenters. The second kappa shape index (κ2) is 11.0. The highest BCUT2D eigenvalue weighted by atomic mass is 16.3. The summed E-state index contributed by atoms with van der Waals surface area (Å²) >= 11 is 0. The van der Waals surface area contributed by atoms with Gasteiger partial charge in [0.25, 0.3) is 0 Å². The topological polar surface area (TPSA) is 114 Å². The zero-order valence-electron chi connectivity index (χ0n) is 22.2. The molecule has 198 valence electrons. The Morgan fingerprint density at radius 3 is 2.59 bits per heavy atom. The molecule has 4 saturated carbocycles. The Labute approximate surface area is 220 Å². The number of nitrogens with one attached hydrogen (secondary N) is 2. The fraction of sp³-hybridized carbons (Fsp3) is 0.633. The Morgan fingerprint density at radius 1 is 1.14 bits per heavy atom. The number of rotatable bonds is 11. The Kier molecular flexibility index (Phi) is 7.69. The maximum absolute atomic E-state index is 9.85. The molecule has 0 saturated heterocycles. The molecular weight excluding hydrogens is 462 g/mol. The largest absolute Gasteiger partial charge is 0.394 e. The molecular formula is C30H41N5O2. The van der Waals surface area contributed by atoms with Gasteiger partial charge in [-0.3, -0.25) is 0 Å². The van der Waals surface area contributed by atoms with Gasteiger partial charge >= 0.3 is 0 Å². The number of anilines is 2. The molecule has 1 heterocycles. The summed E-state index contributed by atoms with van der Waals surface area (Å²) in [7, 11) is 0. The van der Waals surface area contributed by atoms with Crippen molar-refractivity contribution in [3.63, 3.8) is 0 Å². The van der Waals surface area contributed by atoms with E-state index in [2.05, 4.69) is 47.7 Å². The lowest BCUT2D eigenvalue weighted by atomic mass is 9.44. The minimum Gasteiger partial charge on any atom is -0.394 e. The molecule has 7 nitrogen and oxygen atoms in total. The smallest absolute Gasteiger partial charge is 0.224 e. The summed E-state index contributed by atoms with van der Waals surface area (Å²) < 4.78 is 0. The number of aromatic nitrogens is 2. The van der Waals surface area contributed by atoms with Gasteiger partial charge in [0.1, 0.15) is 17.5 Å². The van der Waals surface area contributed by atoms with Gasteiger partial charge in [-0.25, -0.2) is 4.98 Å². The molecule has 4 aliphatic rings. The lowest BCUT2D eigenvalue weighted by Crippen LogP contribution is -2.54. The normalized spacial score (nSPS) is 29.5. The van der Waals surface area contributed by atoms with Gasteiger partial charge in [-0.2, -0.15) is 10.2 Å². The van der Waals surface area contributed by atoms with Crippen LogP contribution in [0.25, 0.3) is 0 Å². The van der Waals surface area contributed by atoms with Crippen molar-refractivity contribution in [1.82, 2.24) is 9.97 Å². The van der Waals surface area contributed by atoms with Crippen LogP contribution in [-0.4, -0.2) is 39.4 Å². The SMILES string of the molecule is Cc1ccccc1CNc1ncc(C#N)c(NCC23CC4C[C@H](C2)C(C(C)CC[C@H](O)CO)[C@@H](C4)C3)n1. The average molecular weight is 504 g/mol. The first-order valence-corrected chi connectivity index (χ1v) is 14.0. The van der Waals surface area contributed by atoms with Crippen molar-refractivity contribution in [2.75, 3.05) is 23.8 Å². The number of aliphatic hydroxyl groups is 2. The first-order valence-electron chi connectivity index (χ1n) is 14.0. The lowest BCUT2D eigenvalue weighted by molar-refractivity contribution is -0.107. The van der Waals surface area contributed by atoms with Crippen molar-refractivity contribution < 1.29 is 10.2 Å². The Hall–Kier alpha value is -2.69. The summed E-state index contributed by atoms with van der Waals surface area (Å²) in [5.74, 6) is 4.75. The summed E-state index contributed by atoms with van der Waals surface area (Å²) in [6.07, 6.45) is 9.10. The molecule has 1 aromatic carbocycles. The molecule has 1 aromatic heterocycles. The van der Waals surface area contributed by atoms with Crippen molar-refractivity contribution in [2.24, 2.45) is 35.0 Å². The van der Waals surface area contributed by atoms with Crippen LogP contribution < -0.4 is 10.6 Å². The molecule has 4 fully saturated rings. The van der Waals surface area contributed by atoms with Crippen molar-refractivity contribution in [3.05, 3.63) is 47.2 Å². The lowest BCUT2D eigenvalue weighted by Gasteiger charge is -2.61. The first kappa shape index (κ1) is 25.9. The molecule has 4 unspecified atom stereocenters. The van der Waals surface area contributed by atoms with E-state index in [1.165, 1.54) is 43.2 Å². The zero-order valence-corrected chi connectivity index (χ0v) is 22.2. The van der Waals surface area contributed by atoms with Crippen LogP contribution in [0.4, 0.5) is 11.8 Å². The molecule has 0 radical (unpaired) electrons. The summed E-state index contributed by atoms with van der Waals surface area (Å²) in [6, 6.07) is 10.5. The van der Waals surface area contributed by atoms with E-state index < -0.39 is 6.10 Å². The predicted molar refractivity (Wildman–Crippen MR) is 145 cm³/mol. The van der Waals surface area contributed by atoms with E-state index >= 15 is 0 Å². The summed E-state index contributed by atoms with van der Waals surface area (Å²) in [5, 5.41) is 35.7. The second-order valence-corrected chi connectivity index (χ2v) is 12.1. The minimum absolute atomic E-state index is 0.141. The minimum atomic E-state index is -0.590. The number of nitriles is 1. The number of aliphatic hydroxyl groups excluding tert-OH is 2. The summed E-state index contributed by atoms with van der Waals surface area (Å²) in [6.45, 7) is 5.80. The maximum Gasteiger partial charge on any atom is 0.224 e. The van der Waals surface area contributed by atoms with Crippen LogP contribution in [0.3, 0.4) is 0 Å². The van der Waals surface area contributed by atoms with Gasteiger partial charge in [0, 0.05) is 13.1 Å². The van der Waals surface area contributed by atoms with Gasteiger partial charge in [-0.15, -0.1) is 0 Å². The highest BCUT2D eigenvalue weighted by Gasteiger charge is 2.55. The second-order valence-electron chi connectivity index (χ2n) is 12.1. The van der Waals surface area contributed by atoms with Gasteiger partial charge < -0.3 is 20.8 Å². The standard InChI is InChI=1S/C30H41N5O2/c1-19-5-3-4-6-22(19)15-32-29-33-16-25(14-31)28(35-29)34-18-30-11-21-9-23(12-30)27(24(10-21)13-30)20(2)7-8-26(37)17-36/h3-6,16,20-21,23-24,26-27,36-37H,7-13,15,17-18H2,1-2H3,(H2,32,33,34,35)/t20?,21?,23-,24+,26-,27?,30?/m0/s1. The molecule has 2 aromatic rings. The van der Waals surface area contributed by atoms with Crippen LogP contribution in [0.15, 0.2) is 30.5 Å². The number of benzene rings is 1. The van der Waals surface area contributed by atoms with Crippen LogP contribution in [-0.2, 0) is 6.54 Å². The van der Waals surface area contributed by atoms with E-state index in [4.69, 9.17) is 4.98 Å². The fourth-order valence-electron chi connectivity index (χ4n) is 8.05. The van der Waals surface area contributed by atoms with Gasteiger partial charge in [0.05, 0.1) is 18.9 Å². The molecule has 0 aliphatic heterocycles. The Morgan fingerprint density at radius 2 is 1.89 bits per heavy atom. The van der Waals surface area contributed by atoms with E-state index in [9.17, 15) is 15.5 Å². The Bertz CT molecular complexity index is 1120. The van der Waals surface area contributed by atoms with Crippen molar-refractivity contribution in [3.8, 4) is 6.07 Å². The van der Waals surface area contributed by atoms with E-state index in [1.54, 1.807) is 6.20 Å². The maximum atomic E-state index is 9.85. The first-order chi connectivity index (χ1) is 17.9. The molecule has 6 rings (SSSR count). The number of hydrogen-bond donors (Lipinski definition) is 4. The van der Waals surface area contributed by atoms with Crippen molar-refractivity contribution in [2.45, 2.75) is 71.4 Å². The molecule has 7 heteroatoms. The molecule has 4 bridgehead atoms. The average Bonchev–Trinajstić information content (AvgIpc) is 2.89. The summed E-state index contributed by atoms with van der Waals surface area (Å²) in [5.41, 5.74) is 3.18. The fourth-order valence-corrected chi connectivity index (χ4v) is 8.05. The van der Waals surface area contributed by atoms with Crippen LogP contribution in [0.2, 0.25) is 0 Å². The van der Waals surface area contributed by atoms with Crippen molar-refractivity contribution in [1.29, 1.82) is 5.26 Å².